The molecule has 0 saturated heterocycles. The Kier molecular flexibility index (Phi) is 6.74. The molecule has 2 amide bonds. The van der Waals surface area contributed by atoms with E-state index >= 15 is 0 Å². The first-order valence-corrected chi connectivity index (χ1v) is 10.6. The van der Waals surface area contributed by atoms with E-state index in [0.29, 0.717) is 11.0 Å². The van der Waals surface area contributed by atoms with Gasteiger partial charge in [0.2, 0.25) is 5.91 Å². The van der Waals surface area contributed by atoms with Crippen LogP contribution in [0.25, 0.3) is 11.4 Å². The maximum absolute atomic E-state index is 12.9. The molecule has 1 aromatic heterocycles. The number of thioether (sulfide) groups is 1. The predicted molar refractivity (Wildman–Crippen MR) is 118 cm³/mol. The summed E-state index contributed by atoms with van der Waals surface area (Å²) in [6.07, 6.45) is 0. The van der Waals surface area contributed by atoms with Gasteiger partial charge in [-0.05, 0) is 35.2 Å². The highest BCUT2D eigenvalue weighted by atomic mass is 32.2. The molecule has 0 atom stereocenters. The van der Waals surface area contributed by atoms with E-state index in [2.05, 4.69) is 54.0 Å². The highest BCUT2D eigenvalue weighted by Crippen LogP contribution is 2.26. The first-order chi connectivity index (χ1) is 14.6. The minimum Gasteiger partial charge on any atom is -0.305 e. The zero-order valence-electron chi connectivity index (χ0n) is 17.8. The molecule has 0 radical (unpaired) electrons. The average molecular weight is 442 g/mol. The molecule has 0 aliphatic rings. The van der Waals surface area contributed by atoms with Gasteiger partial charge < -0.3 is 4.57 Å². The minimum absolute atomic E-state index is 0.0403. The van der Waals surface area contributed by atoms with Crippen LogP contribution in [-0.4, -0.2) is 32.3 Å². The van der Waals surface area contributed by atoms with E-state index in [1.54, 1.807) is 0 Å². The number of rotatable bonds is 5. The average Bonchev–Trinajstić information content (AvgIpc) is 3.10. The van der Waals surface area contributed by atoms with E-state index < -0.39 is 17.6 Å². The van der Waals surface area contributed by atoms with Gasteiger partial charge in [0.1, 0.15) is 5.82 Å². The van der Waals surface area contributed by atoms with Crippen LogP contribution in [0.2, 0.25) is 0 Å². The molecular weight excluding hydrogens is 417 g/mol. The van der Waals surface area contributed by atoms with Gasteiger partial charge in [0, 0.05) is 18.2 Å². The smallest absolute Gasteiger partial charge is 0.269 e. The molecule has 0 saturated carbocycles. The second kappa shape index (κ2) is 9.30. The normalized spacial score (nSPS) is 11.3. The van der Waals surface area contributed by atoms with Gasteiger partial charge in [-0.3, -0.25) is 20.4 Å². The highest BCUT2D eigenvalue weighted by molar-refractivity contribution is 7.99. The molecule has 31 heavy (non-hydrogen) atoms. The van der Waals surface area contributed by atoms with Gasteiger partial charge in [-0.15, -0.1) is 10.2 Å². The van der Waals surface area contributed by atoms with Gasteiger partial charge in [-0.1, -0.05) is 56.8 Å². The van der Waals surface area contributed by atoms with Gasteiger partial charge in [-0.25, -0.2) is 4.39 Å². The van der Waals surface area contributed by atoms with Gasteiger partial charge >= 0.3 is 0 Å². The zero-order chi connectivity index (χ0) is 22.6. The number of carbonyl (C=O) groups excluding carboxylic acids is 2. The lowest BCUT2D eigenvalue weighted by Gasteiger charge is -2.19. The SMILES string of the molecule is Cn1c(SCC(=O)NNC(=O)c2ccc(F)cc2)nnc1-c1ccc(C(C)(C)C)cc1. The molecule has 1 heterocycles. The number of hydrazine groups is 1. The summed E-state index contributed by atoms with van der Waals surface area (Å²) in [4.78, 5) is 24.0. The Labute approximate surface area is 184 Å². The van der Waals surface area contributed by atoms with Crippen LogP contribution in [0, 0.1) is 5.82 Å². The van der Waals surface area contributed by atoms with Crippen LogP contribution in [0.3, 0.4) is 0 Å². The van der Waals surface area contributed by atoms with Crippen LogP contribution in [0.1, 0.15) is 36.7 Å². The van der Waals surface area contributed by atoms with Crippen LogP contribution in [0.4, 0.5) is 4.39 Å². The quantitative estimate of drug-likeness (QED) is 0.468. The number of amides is 2. The summed E-state index contributed by atoms with van der Waals surface area (Å²) in [6.45, 7) is 6.48. The Balaban J connectivity index is 1.55. The van der Waals surface area contributed by atoms with Crippen molar-refractivity contribution in [2.24, 2.45) is 7.05 Å². The number of hydrogen-bond donors (Lipinski definition) is 2. The van der Waals surface area contributed by atoms with E-state index in [9.17, 15) is 14.0 Å². The van der Waals surface area contributed by atoms with Crippen molar-refractivity contribution in [3.63, 3.8) is 0 Å². The van der Waals surface area contributed by atoms with Crippen molar-refractivity contribution < 1.29 is 14.0 Å². The molecule has 3 aromatic rings. The van der Waals surface area contributed by atoms with Crippen molar-refractivity contribution in [3.05, 3.63) is 65.5 Å². The molecule has 3 rings (SSSR count). The van der Waals surface area contributed by atoms with Crippen molar-refractivity contribution in [3.8, 4) is 11.4 Å². The summed E-state index contributed by atoms with van der Waals surface area (Å²) in [7, 11) is 1.84. The molecule has 2 N–H and O–H groups in total. The Hall–Kier alpha value is -3.20. The maximum Gasteiger partial charge on any atom is 0.269 e. The molecule has 0 fully saturated rings. The van der Waals surface area contributed by atoms with Gasteiger partial charge in [0.05, 0.1) is 5.75 Å². The third-order valence-electron chi connectivity index (χ3n) is 4.60. The van der Waals surface area contributed by atoms with Gasteiger partial charge in [0.15, 0.2) is 11.0 Å². The number of nitrogens with one attached hydrogen (secondary N) is 2. The fourth-order valence-corrected chi connectivity index (χ4v) is 3.49. The Bertz CT molecular complexity index is 1070. The molecular formula is C22H24FN5O2S. The Morgan fingerprint density at radius 1 is 1.00 bits per heavy atom. The summed E-state index contributed by atoms with van der Waals surface area (Å²) >= 11 is 1.20. The maximum atomic E-state index is 12.9. The third-order valence-corrected chi connectivity index (χ3v) is 5.62. The van der Waals surface area contributed by atoms with E-state index in [1.165, 1.54) is 41.6 Å². The van der Waals surface area contributed by atoms with Crippen LogP contribution in [-0.2, 0) is 17.3 Å². The third kappa shape index (κ3) is 5.69. The standard InChI is InChI=1S/C22H24FN5O2S/c1-22(2,3)16-9-5-14(6-10-16)19-25-27-21(28(19)4)31-13-18(29)24-26-20(30)15-7-11-17(23)12-8-15/h5-12H,13H2,1-4H3,(H,24,29)(H,26,30). The minimum atomic E-state index is -0.530. The number of nitrogens with zero attached hydrogens (tertiary/aromatic N) is 3. The Morgan fingerprint density at radius 2 is 1.65 bits per heavy atom. The molecule has 162 valence electrons. The second-order valence-corrected chi connectivity index (χ2v) is 8.93. The number of halogens is 1. The first kappa shape index (κ1) is 22.5. The molecule has 0 spiro atoms. The molecule has 0 unspecified atom stereocenters. The summed E-state index contributed by atoms with van der Waals surface area (Å²) < 4.78 is 14.7. The fourth-order valence-electron chi connectivity index (χ4n) is 2.78. The van der Waals surface area contributed by atoms with Crippen molar-refractivity contribution >= 4 is 23.6 Å². The number of aromatic nitrogens is 3. The molecule has 0 aliphatic heterocycles. The lowest BCUT2D eigenvalue weighted by atomic mass is 9.87. The summed E-state index contributed by atoms with van der Waals surface area (Å²) in [5.41, 5.74) is 7.11. The molecule has 2 aromatic carbocycles. The number of hydrogen-bond acceptors (Lipinski definition) is 5. The van der Waals surface area contributed by atoms with Crippen LogP contribution in [0.15, 0.2) is 53.7 Å². The lowest BCUT2D eigenvalue weighted by molar-refractivity contribution is -0.119. The monoisotopic (exact) mass is 441 g/mol. The van der Waals surface area contributed by atoms with Crippen LogP contribution < -0.4 is 10.9 Å². The van der Waals surface area contributed by atoms with Gasteiger partial charge in [0.25, 0.3) is 5.91 Å². The van der Waals surface area contributed by atoms with E-state index in [-0.39, 0.29) is 16.7 Å². The van der Waals surface area contributed by atoms with Crippen molar-refractivity contribution in [1.29, 1.82) is 0 Å². The van der Waals surface area contributed by atoms with Gasteiger partial charge in [-0.2, -0.15) is 0 Å². The zero-order valence-corrected chi connectivity index (χ0v) is 18.6. The second-order valence-electron chi connectivity index (χ2n) is 7.99. The number of benzene rings is 2. The molecule has 0 bridgehead atoms. The van der Waals surface area contributed by atoms with Crippen molar-refractivity contribution in [2.45, 2.75) is 31.3 Å². The van der Waals surface area contributed by atoms with E-state index in [0.717, 1.165) is 5.56 Å². The van der Waals surface area contributed by atoms with Crippen molar-refractivity contribution in [1.82, 2.24) is 25.6 Å². The van der Waals surface area contributed by atoms with E-state index in [4.69, 9.17) is 0 Å². The van der Waals surface area contributed by atoms with Crippen LogP contribution >= 0.6 is 11.8 Å². The predicted octanol–water partition coefficient (Wildman–Crippen LogP) is 3.47. The molecule has 0 aliphatic carbocycles. The molecule has 9 heteroatoms. The summed E-state index contributed by atoms with van der Waals surface area (Å²) in [6, 6.07) is 13.2. The lowest BCUT2D eigenvalue weighted by Crippen LogP contribution is -2.42. The summed E-state index contributed by atoms with van der Waals surface area (Å²) in [5.74, 6) is -0.630. The highest BCUT2D eigenvalue weighted by Gasteiger charge is 2.16. The molecule has 7 nitrogen and oxygen atoms in total. The first-order valence-electron chi connectivity index (χ1n) is 9.63. The van der Waals surface area contributed by atoms with Crippen molar-refractivity contribution in [2.75, 3.05) is 5.75 Å². The van der Waals surface area contributed by atoms with E-state index in [1.807, 2.05) is 23.7 Å². The number of carbonyl (C=O) groups is 2. The fraction of sp³-hybridized carbons (Fsp3) is 0.273. The van der Waals surface area contributed by atoms with Crippen LogP contribution in [0.5, 0.6) is 0 Å². The summed E-state index contributed by atoms with van der Waals surface area (Å²) in [5, 5.41) is 8.97. The topological polar surface area (TPSA) is 88.9 Å². The largest absolute Gasteiger partial charge is 0.305 e. The Morgan fingerprint density at radius 3 is 2.26 bits per heavy atom.